The fraction of sp³-hybridized carbons (Fsp3) is 0.680. The van der Waals surface area contributed by atoms with Crippen LogP contribution in [0.2, 0.25) is 5.02 Å². The van der Waals surface area contributed by atoms with Crippen molar-refractivity contribution in [2.24, 2.45) is 0 Å². The molecule has 33 heavy (non-hydrogen) atoms. The minimum atomic E-state index is -0.512. The fourth-order valence-electron chi connectivity index (χ4n) is 4.73. The van der Waals surface area contributed by atoms with Crippen LogP contribution in [0.5, 0.6) is 0 Å². The van der Waals surface area contributed by atoms with Crippen LogP contribution in [0.25, 0.3) is 0 Å². The predicted molar refractivity (Wildman–Crippen MR) is 130 cm³/mol. The van der Waals surface area contributed by atoms with Crippen LogP contribution in [0.15, 0.2) is 18.2 Å². The van der Waals surface area contributed by atoms with Gasteiger partial charge in [-0.15, -0.1) is 0 Å². The van der Waals surface area contributed by atoms with E-state index in [9.17, 15) is 9.59 Å². The van der Waals surface area contributed by atoms with E-state index in [-0.39, 0.29) is 17.6 Å². The standard InChI is InChI=1S/C25H38ClN3O4/c1-23(2,3)32-21(30)28-12-11-27-20-16-25(19-15-17(26)7-8-18(19)20)9-13-29(14-10-25)22(31)33-24(4,5)6/h7-8,15,20,27H,9-14,16H2,1-6H3,(H,28,30). The molecule has 1 unspecified atom stereocenters. The molecule has 184 valence electrons. The van der Waals surface area contributed by atoms with Gasteiger partial charge in [0.25, 0.3) is 0 Å². The minimum Gasteiger partial charge on any atom is -0.444 e. The van der Waals surface area contributed by atoms with Gasteiger partial charge < -0.3 is 25.0 Å². The van der Waals surface area contributed by atoms with Crippen LogP contribution in [0.3, 0.4) is 0 Å². The molecule has 1 spiro atoms. The van der Waals surface area contributed by atoms with Gasteiger partial charge in [-0.2, -0.15) is 0 Å². The number of rotatable bonds is 4. The normalized spacial score (nSPS) is 19.8. The summed E-state index contributed by atoms with van der Waals surface area (Å²) in [6.07, 6.45) is 2.03. The van der Waals surface area contributed by atoms with Gasteiger partial charge in [-0.1, -0.05) is 17.7 Å². The van der Waals surface area contributed by atoms with E-state index >= 15 is 0 Å². The van der Waals surface area contributed by atoms with Crippen LogP contribution >= 0.6 is 11.6 Å². The van der Waals surface area contributed by atoms with E-state index in [0.29, 0.717) is 26.2 Å². The molecule has 0 aromatic heterocycles. The van der Waals surface area contributed by atoms with Crippen LogP contribution in [0.1, 0.15) is 78.0 Å². The topological polar surface area (TPSA) is 79.9 Å². The van der Waals surface area contributed by atoms with Crippen molar-refractivity contribution < 1.29 is 19.1 Å². The summed E-state index contributed by atoms with van der Waals surface area (Å²) in [5.41, 5.74) is 1.50. The predicted octanol–water partition coefficient (Wildman–Crippen LogP) is 5.17. The Morgan fingerprint density at radius 1 is 1.06 bits per heavy atom. The summed E-state index contributed by atoms with van der Waals surface area (Å²) in [5, 5.41) is 7.13. The number of amides is 2. The lowest BCUT2D eigenvalue weighted by atomic mass is 9.73. The number of alkyl carbamates (subject to hydrolysis) is 1. The molecular formula is C25H38ClN3O4. The zero-order chi connectivity index (χ0) is 24.4. The molecule has 1 aliphatic carbocycles. The first-order valence-corrected chi connectivity index (χ1v) is 12.1. The van der Waals surface area contributed by atoms with Gasteiger partial charge in [0.1, 0.15) is 11.2 Å². The largest absolute Gasteiger partial charge is 0.444 e. The van der Waals surface area contributed by atoms with Gasteiger partial charge in [0.15, 0.2) is 0 Å². The third-order valence-electron chi connectivity index (χ3n) is 6.11. The summed E-state index contributed by atoms with van der Waals surface area (Å²) in [6, 6.07) is 6.29. The summed E-state index contributed by atoms with van der Waals surface area (Å²) in [6.45, 7) is 13.6. The van der Waals surface area contributed by atoms with Crippen LogP contribution in [-0.2, 0) is 14.9 Å². The first-order chi connectivity index (χ1) is 15.3. The number of fused-ring (bicyclic) bond motifs is 2. The van der Waals surface area contributed by atoms with E-state index in [1.807, 2.05) is 52.5 Å². The van der Waals surface area contributed by atoms with Gasteiger partial charge in [-0.3, -0.25) is 0 Å². The summed E-state index contributed by atoms with van der Waals surface area (Å²) in [7, 11) is 0. The Bertz CT molecular complexity index is 867. The lowest BCUT2D eigenvalue weighted by Gasteiger charge is -2.40. The SMILES string of the molecule is CC(C)(C)OC(=O)NCCNC1CC2(CCN(C(=O)OC(C)(C)C)CC2)c2cc(Cl)ccc21. The third-order valence-corrected chi connectivity index (χ3v) is 6.35. The Kier molecular flexibility index (Phi) is 7.54. The fourth-order valence-corrected chi connectivity index (χ4v) is 4.90. The average Bonchev–Trinajstić information content (AvgIpc) is 2.96. The van der Waals surface area contributed by atoms with Crippen LogP contribution < -0.4 is 10.6 Å². The third kappa shape index (κ3) is 6.76. The lowest BCUT2D eigenvalue weighted by molar-refractivity contribution is 0.0160. The van der Waals surface area contributed by atoms with Crippen molar-refractivity contribution in [3.63, 3.8) is 0 Å². The van der Waals surface area contributed by atoms with E-state index in [0.717, 1.165) is 24.3 Å². The molecule has 7 nitrogen and oxygen atoms in total. The molecule has 1 aliphatic heterocycles. The van der Waals surface area contributed by atoms with E-state index in [4.69, 9.17) is 21.1 Å². The average molecular weight is 480 g/mol. The Morgan fingerprint density at radius 2 is 1.70 bits per heavy atom. The Labute approximate surface area is 202 Å². The van der Waals surface area contributed by atoms with Gasteiger partial charge >= 0.3 is 12.2 Å². The second-order valence-corrected chi connectivity index (χ2v) is 11.6. The van der Waals surface area contributed by atoms with Crippen molar-refractivity contribution in [1.29, 1.82) is 0 Å². The van der Waals surface area contributed by atoms with Crippen LogP contribution in [0, 0.1) is 0 Å². The zero-order valence-corrected chi connectivity index (χ0v) is 21.5. The van der Waals surface area contributed by atoms with Gasteiger partial charge in [-0.25, -0.2) is 9.59 Å². The number of carbonyl (C=O) groups excluding carboxylic acids is 2. The number of benzene rings is 1. The molecule has 0 bridgehead atoms. The molecule has 0 saturated carbocycles. The summed E-state index contributed by atoms with van der Waals surface area (Å²) in [5.74, 6) is 0. The molecule has 1 atom stereocenters. The molecule has 2 amide bonds. The summed E-state index contributed by atoms with van der Waals surface area (Å²) >= 11 is 6.37. The molecule has 1 heterocycles. The van der Waals surface area contributed by atoms with Crippen molar-refractivity contribution >= 4 is 23.8 Å². The van der Waals surface area contributed by atoms with Crippen LogP contribution in [-0.4, -0.2) is 54.5 Å². The first kappa shape index (κ1) is 25.6. The number of nitrogens with zero attached hydrogens (tertiary/aromatic N) is 1. The molecule has 1 fully saturated rings. The highest BCUT2D eigenvalue weighted by Gasteiger charge is 2.46. The molecule has 3 rings (SSSR count). The Hall–Kier alpha value is -1.99. The quantitative estimate of drug-likeness (QED) is 0.582. The summed E-state index contributed by atoms with van der Waals surface area (Å²) < 4.78 is 10.9. The maximum absolute atomic E-state index is 12.5. The number of ether oxygens (including phenoxy) is 2. The summed E-state index contributed by atoms with van der Waals surface area (Å²) in [4.78, 5) is 26.2. The molecule has 8 heteroatoms. The highest BCUT2D eigenvalue weighted by molar-refractivity contribution is 6.30. The highest BCUT2D eigenvalue weighted by atomic mass is 35.5. The molecule has 1 saturated heterocycles. The molecule has 1 aromatic rings. The molecule has 2 aliphatic rings. The van der Waals surface area contributed by atoms with Gasteiger partial charge in [0, 0.05) is 42.7 Å². The van der Waals surface area contributed by atoms with Crippen molar-refractivity contribution in [1.82, 2.24) is 15.5 Å². The van der Waals surface area contributed by atoms with Crippen molar-refractivity contribution in [2.45, 2.75) is 83.5 Å². The van der Waals surface area contributed by atoms with Gasteiger partial charge in [-0.05, 0) is 84.1 Å². The van der Waals surface area contributed by atoms with E-state index in [2.05, 4.69) is 22.8 Å². The smallest absolute Gasteiger partial charge is 0.410 e. The molecule has 0 radical (unpaired) electrons. The highest BCUT2D eigenvalue weighted by Crippen LogP contribution is 2.51. The number of hydrogen-bond acceptors (Lipinski definition) is 5. The second-order valence-electron chi connectivity index (χ2n) is 11.1. The number of carbonyl (C=O) groups is 2. The molecule has 1 aromatic carbocycles. The van der Waals surface area contributed by atoms with E-state index < -0.39 is 17.3 Å². The Balaban J connectivity index is 1.61. The van der Waals surface area contributed by atoms with Crippen molar-refractivity contribution in [3.8, 4) is 0 Å². The van der Waals surface area contributed by atoms with Crippen LogP contribution in [0.4, 0.5) is 9.59 Å². The van der Waals surface area contributed by atoms with E-state index in [1.165, 1.54) is 11.1 Å². The molecule has 2 N–H and O–H groups in total. The number of piperidine rings is 1. The number of nitrogens with one attached hydrogen (secondary N) is 2. The van der Waals surface area contributed by atoms with Gasteiger partial charge in [0.2, 0.25) is 0 Å². The zero-order valence-electron chi connectivity index (χ0n) is 20.7. The molecular weight excluding hydrogens is 442 g/mol. The van der Waals surface area contributed by atoms with Crippen molar-refractivity contribution in [3.05, 3.63) is 34.3 Å². The Morgan fingerprint density at radius 3 is 2.30 bits per heavy atom. The van der Waals surface area contributed by atoms with Crippen molar-refractivity contribution in [2.75, 3.05) is 26.2 Å². The minimum absolute atomic E-state index is 0.0188. The number of halogens is 1. The lowest BCUT2D eigenvalue weighted by Crippen LogP contribution is -2.46. The van der Waals surface area contributed by atoms with E-state index in [1.54, 1.807) is 0 Å². The first-order valence-electron chi connectivity index (χ1n) is 11.8. The number of likely N-dealkylation sites (tertiary alicyclic amines) is 1. The number of hydrogen-bond donors (Lipinski definition) is 2. The second kappa shape index (κ2) is 9.71. The maximum atomic E-state index is 12.5. The maximum Gasteiger partial charge on any atom is 0.410 e. The monoisotopic (exact) mass is 479 g/mol. The van der Waals surface area contributed by atoms with Gasteiger partial charge in [0.05, 0.1) is 0 Å².